The number of aromatic nitrogens is 2. The molecule has 6 nitrogen and oxygen atoms in total. The SMILES string of the molecule is C.Cc1cc(C=N)c(Nc2cnn(C)c2)cc1C1CC2CN(C3CCOCC3)CC2C1. The van der Waals surface area contributed by atoms with Gasteiger partial charge in [-0.3, -0.25) is 9.58 Å². The highest BCUT2D eigenvalue weighted by atomic mass is 16.5. The molecule has 2 N–H and O–H groups in total. The lowest BCUT2D eigenvalue weighted by atomic mass is 9.90. The minimum absolute atomic E-state index is 0. The summed E-state index contributed by atoms with van der Waals surface area (Å²) in [7, 11) is 1.92. The molecule has 0 bridgehead atoms. The van der Waals surface area contributed by atoms with E-state index in [4.69, 9.17) is 10.1 Å². The first-order chi connectivity index (χ1) is 14.6. The van der Waals surface area contributed by atoms with Crippen molar-refractivity contribution in [3.05, 3.63) is 41.2 Å². The van der Waals surface area contributed by atoms with Gasteiger partial charge in [0.1, 0.15) is 0 Å². The molecule has 1 aliphatic carbocycles. The zero-order valence-corrected chi connectivity index (χ0v) is 18.1. The van der Waals surface area contributed by atoms with Crippen LogP contribution in [-0.4, -0.2) is 53.2 Å². The highest BCUT2D eigenvalue weighted by molar-refractivity contribution is 5.88. The molecule has 1 saturated carbocycles. The number of benzene rings is 1. The predicted octanol–water partition coefficient (Wildman–Crippen LogP) is 4.71. The Morgan fingerprint density at radius 3 is 2.48 bits per heavy atom. The number of likely N-dealkylation sites (tertiary alicyclic amines) is 1. The quantitative estimate of drug-likeness (QED) is 0.684. The maximum Gasteiger partial charge on any atom is 0.0770 e. The first-order valence-electron chi connectivity index (χ1n) is 11.3. The zero-order chi connectivity index (χ0) is 20.7. The molecule has 2 atom stereocenters. The fourth-order valence-corrected chi connectivity index (χ4v) is 5.99. The lowest BCUT2D eigenvalue weighted by Crippen LogP contribution is -2.38. The van der Waals surface area contributed by atoms with Crippen LogP contribution in [0.1, 0.15) is 55.7 Å². The molecule has 31 heavy (non-hydrogen) atoms. The Kier molecular flexibility index (Phi) is 6.49. The van der Waals surface area contributed by atoms with E-state index in [2.05, 4.69) is 34.4 Å². The van der Waals surface area contributed by atoms with Crippen LogP contribution in [0.25, 0.3) is 0 Å². The van der Waals surface area contributed by atoms with Gasteiger partial charge in [-0.2, -0.15) is 5.10 Å². The lowest BCUT2D eigenvalue weighted by Gasteiger charge is -2.32. The van der Waals surface area contributed by atoms with Gasteiger partial charge in [-0.1, -0.05) is 7.43 Å². The molecule has 168 valence electrons. The molecule has 0 spiro atoms. The second-order valence-corrected chi connectivity index (χ2v) is 9.45. The van der Waals surface area contributed by atoms with Gasteiger partial charge in [-0.25, -0.2) is 0 Å². The van der Waals surface area contributed by atoms with Crippen LogP contribution >= 0.6 is 0 Å². The third kappa shape index (κ3) is 4.41. The first kappa shape index (κ1) is 22.0. The number of ether oxygens (including phenoxy) is 1. The largest absolute Gasteiger partial charge is 0.381 e. The molecule has 5 rings (SSSR count). The Morgan fingerprint density at radius 2 is 1.87 bits per heavy atom. The van der Waals surface area contributed by atoms with Gasteiger partial charge in [0.25, 0.3) is 0 Å². The summed E-state index contributed by atoms with van der Waals surface area (Å²) >= 11 is 0. The topological polar surface area (TPSA) is 66.2 Å². The van der Waals surface area contributed by atoms with Crippen LogP contribution in [0, 0.1) is 24.2 Å². The smallest absolute Gasteiger partial charge is 0.0770 e. The molecule has 0 amide bonds. The second-order valence-electron chi connectivity index (χ2n) is 9.45. The standard InChI is InChI=1S/C24H33N5O.CH4/c1-16-7-18(11-25)24(27-21-12-26-28(2)15-21)10-23(16)17-8-19-13-29(14-20(19)9-17)22-3-5-30-6-4-22;/h7,10-12,15,17,19-20,22,25,27H,3-6,8-9,13-14H2,1-2H3;1H4. The molecule has 3 heterocycles. The number of nitrogens with zero attached hydrogens (tertiary/aromatic N) is 3. The summed E-state index contributed by atoms with van der Waals surface area (Å²) in [6.45, 7) is 6.61. The number of aryl methyl sites for hydroxylation is 2. The third-order valence-electron chi connectivity index (χ3n) is 7.50. The summed E-state index contributed by atoms with van der Waals surface area (Å²) in [6, 6.07) is 5.21. The van der Waals surface area contributed by atoms with Crippen LogP contribution in [-0.2, 0) is 11.8 Å². The molecule has 3 aliphatic rings. The molecule has 3 fully saturated rings. The van der Waals surface area contributed by atoms with Crippen LogP contribution in [0.15, 0.2) is 24.5 Å². The van der Waals surface area contributed by atoms with Gasteiger partial charge in [-0.15, -0.1) is 0 Å². The van der Waals surface area contributed by atoms with Gasteiger partial charge in [0, 0.05) is 63.1 Å². The molecular weight excluding hydrogens is 386 g/mol. The summed E-state index contributed by atoms with van der Waals surface area (Å²) < 4.78 is 7.36. The van der Waals surface area contributed by atoms with E-state index in [1.54, 1.807) is 4.68 Å². The number of hydrogen-bond acceptors (Lipinski definition) is 5. The molecule has 6 heteroatoms. The van der Waals surface area contributed by atoms with E-state index in [1.165, 1.54) is 56.1 Å². The van der Waals surface area contributed by atoms with Crippen molar-refractivity contribution in [3.63, 3.8) is 0 Å². The minimum atomic E-state index is 0. The fraction of sp³-hybridized carbons (Fsp3) is 0.600. The molecule has 1 aromatic carbocycles. The average Bonchev–Trinajstić information content (AvgIpc) is 3.44. The number of hydrogen-bond donors (Lipinski definition) is 2. The van der Waals surface area contributed by atoms with Gasteiger partial charge in [-0.05, 0) is 73.6 Å². The van der Waals surface area contributed by atoms with Crippen molar-refractivity contribution in [2.24, 2.45) is 18.9 Å². The lowest BCUT2D eigenvalue weighted by molar-refractivity contribution is 0.0395. The van der Waals surface area contributed by atoms with E-state index in [1.807, 2.05) is 19.4 Å². The van der Waals surface area contributed by atoms with Crippen molar-refractivity contribution in [2.45, 2.75) is 52.0 Å². The van der Waals surface area contributed by atoms with Gasteiger partial charge < -0.3 is 15.5 Å². The van der Waals surface area contributed by atoms with Crippen LogP contribution in [0.3, 0.4) is 0 Å². The average molecular weight is 424 g/mol. The van der Waals surface area contributed by atoms with E-state index < -0.39 is 0 Å². The summed E-state index contributed by atoms with van der Waals surface area (Å²) in [5, 5.41) is 15.6. The highest BCUT2D eigenvalue weighted by Crippen LogP contribution is 2.48. The number of rotatable bonds is 5. The summed E-state index contributed by atoms with van der Waals surface area (Å²) in [4.78, 5) is 2.76. The monoisotopic (exact) mass is 423 g/mol. The molecule has 2 aromatic rings. The number of anilines is 2. The third-order valence-corrected chi connectivity index (χ3v) is 7.50. The van der Waals surface area contributed by atoms with E-state index >= 15 is 0 Å². The van der Waals surface area contributed by atoms with E-state index in [0.717, 1.165) is 48.0 Å². The van der Waals surface area contributed by atoms with Gasteiger partial charge in [0.2, 0.25) is 0 Å². The Hall–Kier alpha value is -2.18. The normalized spacial score (nSPS) is 26.5. The van der Waals surface area contributed by atoms with E-state index in [-0.39, 0.29) is 7.43 Å². The van der Waals surface area contributed by atoms with Crippen molar-refractivity contribution < 1.29 is 4.74 Å². The summed E-state index contributed by atoms with van der Waals surface area (Å²) in [5.41, 5.74) is 5.68. The van der Waals surface area contributed by atoms with Crippen LogP contribution < -0.4 is 5.32 Å². The van der Waals surface area contributed by atoms with Gasteiger partial charge in [0.15, 0.2) is 0 Å². The summed E-state index contributed by atoms with van der Waals surface area (Å²) in [5.74, 6) is 2.29. The Morgan fingerprint density at radius 1 is 1.16 bits per heavy atom. The maximum atomic E-state index is 7.85. The van der Waals surface area contributed by atoms with Crippen molar-refractivity contribution in [1.82, 2.24) is 14.7 Å². The van der Waals surface area contributed by atoms with Crippen molar-refractivity contribution >= 4 is 17.6 Å². The Labute approximate surface area is 186 Å². The van der Waals surface area contributed by atoms with Gasteiger partial charge >= 0.3 is 0 Å². The molecule has 2 saturated heterocycles. The molecule has 0 radical (unpaired) electrons. The minimum Gasteiger partial charge on any atom is -0.381 e. The van der Waals surface area contributed by atoms with Crippen molar-refractivity contribution in [2.75, 3.05) is 31.6 Å². The van der Waals surface area contributed by atoms with Gasteiger partial charge in [0.05, 0.1) is 11.9 Å². The summed E-state index contributed by atoms with van der Waals surface area (Å²) in [6.07, 6.45) is 10.2. The highest BCUT2D eigenvalue weighted by Gasteiger charge is 2.43. The zero-order valence-electron chi connectivity index (χ0n) is 18.1. The van der Waals surface area contributed by atoms with Crippen molar-refractivity contribution in [3.8, 4) is 0 Å². The molecule has 2 unspecified atom stereocenters. The van der Waals surface area contributed by atoms with E-state index in [0.29, 0.717) is 5.92 Å². The van der Waals surface area contributed by atoms with Crippen LogP contribution in [0.5, 0.6) is 0 Å². The Balaban J connectivity index is 0.00000231. The predicted molar refractivity (Wildman–Crippen MR) is 127 cm³/mol. The molecular formula is C25H37N5O. The molecule has 1 aromatic heterocycles. The molecule has 2 aliphatic heterocycles. The second kappa shape index (κ2) is 9.13. The van der Waals surface area contributed by atoms with E-state index in [9.17, 15) is 0 Å². The number of fused-ring (bicyclic) bond motifs is 1. The van der Waals surface area contributed by atoms with Crippen LogP contribution in [0.2, 0.25) is 0 Å². The fourth-order valence-electron chi connectivity index (χ4n) is 5.99. The Bertz CT molecular complexity index is 903. The number of nitrogens with one attached hydrogen (secondary N) is 2. The van der Waals surface area contributed by atoms with Crippen LogP contribution in [0.4, 0.5) is 11.4 Å². The maximum absolute atomic E-state index is 7.85. The van der Waals surface area contributed by atoms with Crippen molar-refractivity contribution in [1.29, 1.82) is 5.41 Å². The first-order valence-corrected chi connectivity index (χ1v) is 11.3.